The number of carbonyl (C=O) groups is 2. The van der Waals surface area contributed by atoms with Gasteiger partial charge < -0.3 is 14.4 Å². The molecule has 2 aromatic heterocycles. The van der Waals surface area contributed by atoms with Crippen molar-refractivity contribution in [1.29, 1.82) is 0 Å². The summed E-state index contributed by atoms with van der Waals surface area (Å²) in [7, 11) is 1.80. The molecule has 0 unspecified atom stereocenters. The van der Waals surface area contributed by atoms with Crippen molar-refractivity contribution in [1.82, 2.24) is 19.4 Å². The Labute approximate surface area is 168 Å². The van der Waals surface area contributed by atoms with Gasteiger partial charge in [0.05, 0.1) is 22.5 Å². The molecule has 3 heterocycles. The normalized spacial score (nSPS) is 16.6. The fraction of sp³-hybridized carbons (Fsp3) is 0.381. The van der Waals surface area contributed by atoms with Crippen LogP contribution in [0.3, 0.4) is 0 Å². The summed E-state index contributed by atoms with van der Waals surface area (Å²) in [5, 5.41) is 1.89. The van der Waals surface area contributed by atoms with Gasteiger partial charge in [0.2, 0.25) is 5.91 Å². The van der Waals surface area contributed by atoms with Gasteiger partial charge in [-0.25, -0.2) is 4.98 Å². The first-order valence-corrected chi connectivity index (χ1v) is 10.5. The van der Waals surface area contributed by atoms with Crippen molar-refractivity contribution in [3.63, 3.8) is 0 Å². The molecule has 0 saturated carbocycles. The molecule has 0 aliphatic carbocycles. The number of likely N-dealkylation sites (N-methyl/N-ethyl adjacent to an activating group) is 1. The number of aromatic nitrogens is 2. The topological polar surface area (TPSA) is 58.4 Å². The number of hydrogen-bond donors (Lipinski definition) is 0. The van der Waals surface area contributed by atoms with Crippen molar-refractivity contribution in [2.24, 2.45) is 0 Å². The third kappa shape index (κ3) is 3.30. The smallest absolute Gasteiger partial charge is 0.264 e. The van der Waals surface area contributed by atoms with E-state index in [4.69, 9.17) is 4.98 Å². The molecule has 1 saturated heterocycles. The second-order valence-corrected chi connectivity index (χ2v) is 8.04. The van der Waals surface area contributed by atoms with Crippen LogP contribution in [-0.2, 0) is 17.9 Å². The van der Waals surface area contributed by atoms with Crippen LogP contribution in [0.5, 0.6) is 0 Å². The molecule has 6 nitrogen and oxygen atoms in total. The van der Waals surface area contributed by atoms with Crippen molar-refractivity contribution >= 4 is 34.2 Å². The van der Waals surface area contributed by atoms with Gasteiger partial charge in [-0.1, -0.05) is 18.2 Å². The Balaban J connectivity index is 1.52. The van der Waals surface area contributed by atoms with E-state index in [0.717, 1.165) is 29.8 Å². The number of para-hydroxylation sites is 2. The first-order valence-electron chi connectivity index (χ1n) is 9.63. The number of likely N-dealkylation sites (tertiary alicyclic amines) is 1. The maximum Gasteiger partial charge on any atom is 0.264 e. The summed E-state index contributed by atoms with van der Waals surface area (Å²) in [4.78, 5) is 34.8. The van der Waals surface area contributed by atoms with Crippen molar-refractivity contribution in [2.75, 3.05) is 13.6 Å². The third-order valence-corrected chi connectivity index (χ3v) is 6.19. The number of thiophene rings is 1. The molecular formula is C21H24N4O2S. The Morgan fingerprint density at radius 3 is 2.82 bits per heavy atom. The molecule has 0 radical (unpaired) electrons. The Morgan fingerprint density at radius 1 is 1.25 bits per heavy atom. The highest BCUT2D eigenvalue weighted by Gasteiger charge is 2.36. The number of rotatable bonds is 5. The van der Waals surface area contributed by atoms with Crippen LogP contribution in [0.4, 0.5) is 0 Å². The lowest BCUT2D eigenvalue weighted by Gasteiger charge is -2.27. The van der Waals surface area contributed by atoms with E-state index in [0.29, 0.717) is 24.4 Å². The molecule has 0 bridgehead atoms. The van der Waals surface area contributed by atoms with Crippen molar-refractivity contribution in [3.8, 4) is 0 Å². The highest BCUT2D eigenvalue weighted by atomic mass is 32.1. The van der Waals surface area contributed by atoms with Gasteiger partial charge >= 0.3 is 0 Å². The Kier molecular flexibility index (Phi) is 5.17. The van der Waals surface area contributed by atoms with E-state index in [1.807, 2.05) is 35.7 Å². The summed E-state index contributed by atoms with van der Waals surface area (Å²) in [6.45, 7) is 3.94. The SMILES string of the molecule is CCn1c(CN(C)C(=O)[C@@H]2CCCN2C(=O)c2cccs2)nc2ccccc21. The van der Waals surface area contributed by atoms with Crippen LogP contribution in [0.25, 0.3) is 11.0 Å². The molecule has 2 amide bonds. The maximum atomic E-state index is 13.1. The average Bonchev–Trinajstić information content (AvgIpc) is 3.45. The standard InChI is InChI=1S/C21H24N4O2S/c1-3-24-16-9-5-4-8-15(16)22-19(24)14-23(2)20(26)17-10-6-12-25(17)21(27)18-11-7-13-28-18/h4-5,7-9,11,13,17H,3,6,10,12,14H2,1-2H3/t17-/m0/s1. The molecule has 1 aliphatic heterocycles. The van der Waals surface area contributed by atoms with Gasteiger partial charge in [0.25, 0.3) is 5.91 Å². The predicted octanol–water partition coefficient (Wildman–Crippen LogP) is 3.38. The molecule has 4 rings (SSSR count). The van der Waals surface area contributed by atoms with E-state index in [1.54, 1.807) is 16.8 Å². The fourth-order valence-corrected chi connectivity index (χ4v) is 4.63. The van der Waals surface area contributed by atoms with Gasteiger partial charge in [-0.2, -0.15) is 0 Å². The molecule has 1 aliphatic rings. The number of nitrogens with zero attached hydrogens (tertiary/aromatic N) is 4. The Hall–Kier alpha value is -2.67. The molecule has 7 heteroatoms. The zero-order valence-corrected chi connectivity index (χ0v) is 17.0. The van der Waals surface area contributed by atoms with Crippen LogP contribution < -0.4 is 0 Å². The van der Waals surface area contributed by atoms with E-state index >= 15 is 0 Å². The van der Waals surface area contributed by atoms with Crippen LogP contribution in [0, 0.1) is 0 Å². The number of benzene rings is 1. The highest BCUT2D eigenvalue weighted by Crippen LogP contribution is 2.24. The van der Waals surface area contributed by atoms with E-state index in [1.165, 1.54) is 11.3 Å². The average molecular weight is 397 g/mol. The lowest BCUT2D eigenvalue weighted by atomic mass is 10.2. The van der Waals surface area contributed by atoms with Gasteiger partial charge in [0.1, 0.15) is 11.9 Å². The first-order chi connectivity index (χ1) is 13.6. The number of carbonyl (C=O) groups excluding carboxylic acids is 2. The van der Waals surface area contributed by atoms with Gasteiger partial charge in [-0.05, 0) is 43.3 Å². The molecule has 0 N–H and O–H groups in total. The number of amides is 2. The number of fused-ring (bicyclic) bond motifs is 1. The van der Waals surface area contributed by atoms with Crippen LogP contribution in [-0.4, -0.2) is 50.8 Å². The molecule has 0 spiro atoms. The van der Waals surface area contributed by atoms with Gasteiger partial charge in [0.15, 0.2) is 0 Å². The van der Waals surface area contributed by atoms with Crippen LogP contribution in [0.1, 0.15) is 35.3 Å². The molecule has 1 atom stereocenters. The van der Waals surface area contributed by atoms with Gasteiger partial charge in [-0.3, -0.25) is 9.59 Å². The summed E-state index contributed by atoms with van der Waals surface area (Å²) in [6, 6.07) is 11.3. The second-order valence-electron chi connectivity index (χ2n) is 7.09. The van der Waals surface area contributed by atoms with Crippen molar-refractivity contribution < 1.29 is 9.59 Å². The maximum absolute atomic E-state index is 13.1. The van der Waals surface area contributed by atoms with Crippen LogP contribution in [0.2, 0.25) is 0 Å². The van der Waals surface area contributed by atoms with Crippen LogP contribution in [0.15, 0.2) is 41.8 Å². The number of imidazole rings is 1. The quantitative estimate of drug-likeness (QED) is 0.664. The minimum atomic E-state index is -0.390. The Bertz CT molecular complexity index is 995. The molecular weight excluding hydrogens is 372 g/mol. The van der Waals surface area contributed by atoms with Crippen molar-refractivity contribution in [2.45, 2.75) is 38.9 Å². The lowest BCUT2D eigenvalue weighted by Crippen LogP contribution is -2.46. The van der Waals surface area contributed by atoms with E-state index in [9.17, 15) is 9.59 Å². The molecule has 28 heavy (non-hydrogen) atoms. The van der Waals surface area contributed by atoms with Crippen molar-refractivity contribution in [3.05, 3.63) is 52.5 Å². The lowest BCUT2D eigenvalue weighted by molar-refractivity contribution is -0.134. The summed E-state index contributed by atoms with van der Waals surface area (Å²) in [5.74, 6) is 0.811. The molecule has 1 fully saturated rings. The number of hydrogen-bond acceptors (Lipinski definition) is 4. The summed E-state index contributed by atoms with van der Waals surface area (Å²) in [6.07, 6.45) is 1.57. The zero-order chi connectivity index (χ0) is 19.7. The van der Waals surface area contributed by atoms with E-state index < -0.39 is 0 Å². The van der Waals surface area contributed by atoms with E-state index in [-0.39, 0.29) is 17.9 Å². The summed E-state index contributed by atoms with van der Waals surface area (Å²) >= 11 is 1.42. The minimum absolute atomic E-state index is 0.0166. The van der Waals surface area contributed by atoms with Crippen LogP contribution >= 0.6 is 11.3 Å². The largest absolute Gasteiger partial charge is 0.336 e. The molecule has 3 aromatic rings. The third-order valence-electron chi connectivity index (χ3n) is 5.34. The second kappa shape index (κ2) is 7.75. The Morgan fingerprint density at radius 2 is 2.07 bits per heavy atom. The summed E-state index contributed by atoms with van der Waals surface area (Å²) in [5.41, 5.74) is 2.02. The zero-order valence-electron chi connectivity index (χ0n) is 16.2. The fourth-order valence-electron chi connectivity index (χ4n) is 3.95. The first kappa shape index (κ1) is 18.7. The molecule has 1 aromatic carbocycles. The number of aryl methyl sites for hydroxylation is 1. The van der Waals surface area contributed by atoms with Gasteiger partial charge in [0, 0.05) is 20.1 Å². The molecule has 146 valence electrons. The summed E-state index contributed by atoms with van der Waals surface area (Å²) < 4.78 is 2.14. The predicted molar refractivity (Wildman–Crippen MR) is 110 cm³/mol. The minimum Gasteiger partial charge on any atom is -0.336 e. The van der Waals surface area contributed by atoms with Gasteiger partial charge in [-0.15, -0.1) is 11.3 Å². The monoisotopic (exact) mass is 396 g/mol. The van der Waals surface area contributed by atoms with E-state index in [2.05, 4.69) is 17.6 Å². The highest BCUT2D eigenvalue weighted by molar-refractivity contribution is 7.12.